The third-order valence-corrected chi connectivity index (χ3v) is 5.56. The molecule has 1 unspecified atom stereocenters. The Morgan fingerprint density at radius 2 is 1.72 bits per heavy atom. The van der Waals surface area contributed by atoms with E-state index in [4.69, 9.17) is 9.47 Å². The average molecular weight is 351 g/mol. The first-order valence-electron chi connectivity index (χ1n) is 8.65. The molecule has 1 saturated heterocycles. The smallest absolute Gasteiger partial charge is 0.410 e. The number of hydrogen-bond donors (Lipinski definition) is 0. The lowest BCUT2D eigenvalue weighted by Gasteiger charge is -2.68. The van der Waals surface area contributed by atoms with Crippen molar-refractivity contribution in [1.29, 1.82) is 0 Å². The van der Waals surface area contributed by atoms with Crippen molar-refractivity contribution in [2.45, 2.75) is 52.1 Å². The Balaban J connectivity index is 1.64. The molecule has 25 heavy (non-hydrogen) atoms. The number of amides is 1. The van der Waals surface area contributed by atoms with E-state index in [0.717, 1.165) is 0 Å². The summed E-state index contributed by atoms with van der Waals surface area (Å²) in [6, 6.07) is 0. The summed E-state index contributed by atoms with van der Waals surface area (Å²) in [7, 11) is 1.35. The molecule has 1 heterocycles. The molecule has 0 radical (unpaired) electrons. The summed E-state index contributed by atoms with van der Waals surface area (Å²) in [5.41, 5.74) is -1.72. The van der Waals surface area contributed by atoms with Gasteiger partial charge >= 0.3 is 12.1 Å². The van der Waals surface area contributed by atoms with E-state index in [2.05, 4.69) is 0 Å². The molecule has 138 valence electrons. The molecular formula is C18H25NO6. The maximum Gasteiger partial charge on any atom is 0.410 e. The Morgan fingerprint density at radius 1 is 1.12 bits per heavy atom. The number of esters is 1. The van der Waals surface area contributed by atoms with Crippen LogP contribution in [-0.2, 0) is 23.9 Å². The van der Waals surface area contributed by atoms with Crippen molar-refractivity contribution in [1.82, 2.24) is 4.90 Å². The molecule has 0 aromatic heterocycles. The van der Waals surface area contributed by atoms with Crippen LogP contribution in [0, 0.1) is 16.7 Å². The van der Waals surface area contributed by atoms with Crippen LogP contribution in [0.4, 0.5) is 4.79 Å². The molecule has 4 aliphatic rings. The molecule has 7 heteroatoms. The molecule has 1 amide bonds. The van der Waals surface area contributed by atoms with Crippen LogP contribution in [0.1, 0.15) is 46.5 Å². The number of ketones is 2. The van der Waals surface area contributed by atoms with Gasteiger partial charge in [0.25, 0.3) is 0 Å². The Hall–Kier alpha value is -1.92. The normalized spacial score (nSPS) is 33.8. The van der Waals surface area contributed by atoms with Crippen LogP contribution >= 0.6 is 0 Å². The van der Waals surface area contributed by atoms with Crippen LogP contribution in [0.5, 0.6) is 0 Å². The second kappa shape index (κ2) is 5.54. The number of rotatable bonds is 3. The fourth-order valence-corrected chi connectivity index (χ4v) is 4.41. The standard InChI is InChI=1S/C18H25NO6/c1-16(2,3)25-15(23)19-6-5-12(20)11(7-19)13(21)17-8-18(9-17,10-17)14(22)24-4/h11H,5-10H2,1-4H3. The van der Waals surface area contributed by atoms with Crippen LogP contribution in [0.25, 0.3) is 0 Å². The Morgan fingerprint density at radius 3 is 2.24 bits per heavy atom. The summed E-state index contributed by atoms with van der Waals surface area (Å²) in [4.78, 5) is 50.6. The third-order valence-electron chi connectivity index (χ3n) is 5.56. The van der Waals surface area contributed by atoms with Crippen LogP contribution in [-0.4, -0.2) is 54.3 Å². The summed E-state index contributed by atoms with van der Waals surface area (Å²) >= 11 is 0. The van der Waals surface area contributed by atoms with E-state index in [1.807, 2.05) is 0 Å². The van der Waals surface area contributed by atoms with Crippen LogP contribution in [0.15, 0.2) is 0 Å². The number of piperidine rings is 1. The van der Waals surface area contributed by atoms with E-state index < -0.39 is 28.4 Å². The van der Waals surface area contributed by atoms with Crippen molar-refractivity contribution >= 4 is 23.6 Å². The van der Waals surface area contributed by atoms with Gasteiger partial charge in [-0.25, -0.2) is 4.79 Å². The van der Waals surface area contributed by atoms with E-state index in [9.17, 15) is 19.2 Å². The molecule has 0 aromatic carbocycles. The minimum atomic E-state index is -0.808. The number of Topliss-reactive ketones (excluding diaryl/α,β-unsaturated/α-hetero) is 2. The number of hydrogen-bond acceptors (Lipinski definition) is 6. The summed E-state index contributed by atoms with van der Waals surface area (Å²) in [6.45, 7) is 5.67. The van der Waals surface area contributed by atoms with Gasteiger partial charge in [-0.1, -0.05) is 0 Å². The van der Waals surface area contributed by atoms with Gasteiger partial charge in [-0.2, -0.15) is 0 Å². The summed E-state index contributed by atoms with van der Waals surface area (Å²) in [5.74, 6) is -1.33. The quantitative estimate of drug-likeness (QED) is 0.568. The number of ether oxygens (including phenoxy) is 2. The predicted molar refractivity (Wildman–Crippen MR) is 86.7 cm³/mol. The number of nitrogens with zero attached hydrogens (tertiary/aromatic N) is 1. The second-order valence-electron chi connectivity index (χ2n) is 8.64. The monoisotopic (exact) mass is 351 g/mol. The van der Waals surface area contributed by atoms with Gasteiger partial charge in [0.2, 0.25) is 0 Å². The van der Waals surface area contributed by atoms with Gasteiger partial charge in [-0.3, -0.25) is 14.4 Å². The molecule has 0 N–H and O–H groups in total. The highest BCUT2D eigenvalue weighted by Crippen LogP contribution is 2.74. The largest absolute Gasteiger partial charge is 0.469 e. The lowest BCUT2D eigenvalue weighted by molar-refractivity contribution is -0.223. The minimum Gasteiger partial charge on any atom is -0.469 e. The molecule has 1 atom stereocenters. The molecule has 0 aromatic rings. The maximum atomic E-state index is 12.9. The Kier molecular flexibility index (Phi) is 3.96. The van der Waals surface area contributed by atoms with Crippen LogP contribution in [0.3, 0.4) is 0 Å². The van der Waals surface area contributed by atoms with Crippen LogP contribution in [0.2, 0.25) is 0 Å². The van der Waals surface area contributed by atoms with Crippen LogP contribution < -0.4 is 0 Å². The highest BCUT2D eigenvalue weighted by Gasteiger charge is 2.76. The van der Waals surface area contributed by atoms with E-state index in [1.165, 1.54) is 12.0 Å². The zero-order valence-electron chi connectivity index (χ0n) is 15.2. The molecule has 4 fully saturated rings. The van der Waals surface area contributed by atoms with Gasteiger partial charge in [0.05, 0.1) is 18.4 Å². The highest BCUT2D eigenvalue weighted by molar-refractivity contribution is 6.08. The maximum absolute atomic E-state index is 12.9. The fraction of sp³-hybridized carbons (Fsp3) is 0.778. The Bertz CT molecular complexity index is 627. The van der Waals surface area contributed by atoms with Gasteiger partial charge < -0.3 is 14.4 Å². The average Bonchev–Trinajstić information content (AvgIpc) is 2.42. The summed E-state index contributed by atoms with van der Waals surface area (Å²) < 4.78 is 10.1. The van der Waals surface area contributed by atoms with Crippen molar-refractivity contribution in [2.75, 3.05) is 20.2 Å². The van der Waals surface area contributed by atoms with Gasteiger partial charge in [0, 0.05) is 24.9 Å². The first-order valence-corrected chi connectivity index (χ1v) is 8.65. The summed E-state index contributed by atoms with van der Waals surface area (Å²) in [6.07, 6.45) is 1.04. The zero-order valence-corrected chi connectivity index (χ0v) is 15.2. The predicted octanol–water partition coefficient (Wildman–Crippen LogP) is 1.72. The SMILES string of the molecule is COC(=O)C12CC(C(=O)C3CN(C(=O)OC(C)(C)C)CCC3=O)(C1)C2. The third kappa shape index (κ3) is 2.83. The van der Waals surface area contributed by atoms with Crippen molar-refractivity contribution in [3.05, 3.63) is 0 Å². The van der Waals surface area contributed by atoms with Gasteiger partial charge in [0.15, 0.2) is 5.78 Å². The first kappa shape index (κ1) is 17.9. The van der Waals surface area contributed by atoms with E-state index in [1.54, 1.807) is 20.8 Å². The van der Waals surface area contributed by atoms with Gasteiger partial charge in [0.1, 0.15) is 11.4 Å². The van der Waals surface area contributed by atoms with E-state index in [0.29, 0.717) is 19.3 Å². The minimum absolute atomic E-state index is 0.0690. The Labute approximate surface area is 147 Å². The molecule has 2 bridgehead atoms. The molecule has 3 saturated carbocycles. The highest BCUT2D eigenvalue weighted by atomic mass is 16.6. The van der Waals surface area contributed by atoms with Crippen molar-refractivity contribution < 1.29 is 28.7 Å². The lowest BCUT2D eigenvalue weighted by atomic mass is 9.33. The number of carbonyl (C=O) groups excluding carboxylic acids is 4. The van der Waals surface area contributed by atoms with Crippen molar-refractivity contribution in [3.63, 3.8) is 0 Å². The van der Waals surface area contributed by atoms with Gasteiger partial charge in [-0.15, -0.1) is 0 Å². The first-order chi connectivity index (χ1) is 11.5. The molecule has 4 rings (SSSR count). The number of methoxy groups -OCH3 is 1. The molecular weight excluding hydrogens is 326 g/mol. The topological polar surface area (TPSA) is 90.0 Å². The van der Waals surface area contributed by atoms with Gasteiger partial charge in [-0.05, 0) is 40.0 Å². The van der Waals surface area contributed by atoms with Crippen molar-refractivity contribution in [2.24, 2.45) is 16.7 Å². The molecule has 1 aliphatic heterocycles. The molecule has 3 aliphatic carbocycles. The second-order valence-corrected chi connectivity index (χ2v) is 8.64. The molecule has 7 nitrogen and oxygen atoms in total. The molecule has 0 spiro atoms. The van der Waals surface area contributed by atoms with Crippen molar-refractivity contribution in [3.8, 4) is 0 Å². The summed E-state index contributed by atoms with van der Waals surface area (Å²) in [5, 5.41) is 0. The number of carbonyl (C=O) groups is 4. The number of likely N-dealkylation sites (tertiary alicyclic amines) is 1. The lowest BCUT2D eigenvalue weighted by Crippen LogP contribution is -2.70. The van der Waals surface area contributed by atoms with E-state index in [-0.39, 0.29) is 37.0 Å². The zero-order chi connectivity index (χ0) is 18.6. The fourth-order valence-electron chi connectivity index (χ4n) is 4.41. The van der Waals surface area contributed by atoms with E-state index >= 15 is 0 Å².